The molecule has 0 saturated carbocycles. The minimum atomic E-state index is -0.302. The van der Waals surface area contributed by atoms with Crippen LogP contribution in [0.15, 0.2) is 55.5 Å². The largest absolute Gasteiger partial charge is 0.507 e. The number of fused-ring (bicyclic) bond motifs is 1. The number of benzene rings is 2. The van der Waals surface area contributed by atoms with Crippen molar-refractivity contribution in [3.05, 3.63) is 56.5 Å². The minimum Gasteiger partial charge on any atom is -0.507 e. The predicted molar refractivity (Wildman–Crippen MR) is 92.7 cm³/mol. The lowest BCUT2D eigenvalue weighted by molar-refractivity contribution is -0.110. The third-order valence-corrected chi connectivity index (χ3v) is 4.03. The lowest BCUT2D eigenvalue weighted by atomic mass is 10.1. The van der Waals surface area contributed by atoms with E-state index in [2.05, 4.69) is 47.4 Å². The van der Waals surface area contributed by atoms with E-state index in [1.165, 1.54) is 6.21 Å². The smallest absolute Gasteiger partial charge is 0.276 e. The molecular weight excluding hydrogens is 414 g/mol. The maximum atomic E-state index is 11.9. The number of rotatable bonds is 2. The molecule has 1 heterocycles. The Morgan fingerprint density at radius 1 is 1.09 bits per heavy atom. The van der Waals surface area contributed by atoms with Crippen molar-refractivity contribution in [2.24, 2.45) is 10.2 Å². The first-order valence-electron chi connectivity index (χ1n) is 6.25. The fourth-order valence-corrected chi connectivity index (χ4v) is 2.74. The number of anilines is 1. The third kappa shape index (κ3) is 2.95. The molecule has 2 aromatic carbocycles. The molecule has 5 nitrogen and oxygen atoms in total. The van der Waals surface area contributed by atoms with Crippen molar-refractivity contribution in [3.8, 4) is 5.75 Å². The summed E-state index contributed by atoms with van der Waals surface area (Å²) >= 11 is 6.68. The van der Waals surface area contributed by atoms with E-state index in [0.717, 1.165) is 8.95 Å². The first-order chi connectivity index (χ1) is 10.5. The van der Waals surface area contributed by atoms with E-state index < -0.39 is 0 Å². The molecule has 0 spiro atoms. The molecule has 0 bridgehead atoms. The molecule has 1 aliphatic heterocycles. The summed E-state index contributed by atoms with van der Waals surface area (Å²) in [6, 6.07) is 10.4. The van der Waals surface area contributed by atoms with Crippen LogP contribution in [0.3, 0.4) is 0 Å². The number of nitrogens with zero attached hydrogens (tertiary/aromatic N) is 2. The Bertz CT molecular complexity index is 832. The van der Waals surface area contributed by atoms with Gasteiger partial charge in [0.15, 0.2) is 5.71 Å². The van der Waals surface area contributed by atoms with Crippen molar-refractivity contribution in [1.29, 1.82) is 0 Å². The van der Waals surface area contributed by atoms with E-state index in [-0.39, 0.29) is 17.4 Å². The minimum absolute atomic E-state index is 0.0890. The predicted octanol–water partition coefficient (Wildman–Crippen LogP) is 3.69. The highest BCUT2D eigenvalue weighted by molar-refractivity contribution is 9.10. The van der Waals surface area contributed by atoms with Gasteiger partial charge in [-0.05, 0) is 36.4 Å². The maximum Gasteiger partial charge on any atom is 0.276 e. The van der Waals surface area contributed by atoms with Gasteiger partial charge in [0.05, 0.1) is 11.9 Å². The number of phenolic OH excluding ortho intramolecular Hbond substituents is 1. The van der Waals surface area contributed by atoms with Gasteiger partial charge in [-0.25, -0.2) is 0 Å². The average molecular weight is 423 g/mol. The van der Waals surface area contributed by atoms with Gasteiger partial charge in [0.2, 0.25) is 0 Å². The molecule has 1 aliphatic rings. The summed E-state index contributed by atoms with van der Waals surface area (Å²) in [5, 5.41) is 20.3. The summed E-state index contributed by atoms with van der Waals surface area (Å²) in [5.74, 6) is -0.213. The summed E-state index contributed by atoms with van der Waals surface area (Å²) in [6.45, 7) is 0. The van der Waals surface area contributed by atoms with Crippen molar-refractivity contribution in [2.75, 3.05) is 5.32 Å². The molecule has 22 heavy (non-hydrogen) atoms. The number of carbonyl (C=O) groups excluding carboxylic acids is 1. The summed E-state index contributed by atoms with van der Waals surface area (Å²) in [6.07, 6.45) is 1.40. The quantitative estimate of drug-likeness (QED) is 0.572. The third-order valence-electron chi connectivity index (χ3n) is 3.04. The highest BCUT2D eigenvalue weighted by Gasteiger charge is 2.26. The molecule has 2 N–H and O–H groups in total. The van der Waals surface area contributed by atoms with Gasteiger partial charge in [0.1, 0.15) is 5.75 Å². The monoisotopic (exact) mass is 421 g/mol. The van der Waals surface area contributed by atoms with Crippen LogP contribution in [0.25, 0.3) is 0 Å². The second-order valence-electron chi connectivity index (χ2n) is 4.54. The molecule has 0 unspecified atom stereocenters. The SMILES string of the molecule is O=C1Nc2ccc(Br)cc2/C1=N/N=C\c1cc(Br)ccc1O. The number of aromatic hydroxyl groups is 1. The second-order valence-corrected chi connectivity index (χ2v) is 6.37. The van der Waals surface area contributed by atoms with E-state index in [9.17, 15) is 9.90 Å². The van der Waals surface area contributed by atoms with Crippen LogP contribution in [0.4, 0.5) is 5.69 Å². The number of phenols is 1. The van der Waals surface area contributed by atoms with E-state index in [4.69, 9.17) is 0 Å². The van der Waals surface area contributed by atoms with Gasteiger partial charge < -0.3 is 10.4 Å². The number of hydrogen-bond donors (Lipinski definition) is 2. The molecule has 0 radical (unpaired) electrons. The fourth-order valence-electron chi connectivity index (χ4n) is 2.00. The zero-order valence-corrected chi connectivity index (χ0v) is 14.2. The number of hydrogen-bond acceptors (Lipinski definition) is 4. The highest BCUT2D eigenvalue weighted by Crippen LogP contribution is 2.27. The van der Waals surface area contributed by atoms with Crippen LogP contribution in [-0.4, -0.2) is 22.9 Å². The first-order valence-corrected chi connectivity index (χ1v) is 7.84. The summed E-state index contributed by atoms with van der Waals surface area (Å²) in [5.41, 5.74) is 2.14. The van der Waals surface area contributed by atoms with Crippen molar-refractivity contribution in [2.45, 2.75) is 0 Å². The normalized spacial score (nSPS) is 15.4. The Balaban J connectivity index is 1.93. The van der Waals surface area contributed by atoms with Crippen LogP contribution in [0, 0.1) is 0 Å². The van der Waals surface area contributed by atoms with Gasteiger partial charge in [-0.2, -0.15) is 5.10 Å². The average Bonchev–Trinajstić information content (AvgIpc) is 2.78. The van der Waals surface area contributed by atoms with E-state index in [1.54, 1.807) is 30.3 Å². The number of halogens is 2. The summed E-state index contributed by atoms with van der Waals surface area (Å²) in [4.78, 5) is 11.9. The topological polar surface area (TPSA) is 74.0 Å². The van der Waals surface area contributed by atoms with Crippen molar-refractivity contribution in [1.82, 2.24) is 0 Å². The van der Waals surface area contributed by atoms with Gasteiger partial charge in [-0.15, -0.1) is 5.10 Å². The lowest BCUT2D eigenvalue weighted by Crippen LogP contribution is -2.13. The molecule has 110 valence electrons. The number of nitrogens with one attached hydrogen (secondary N) is 1. The standard InChI is InChI=1S/C15H9Br2N3O2/c16-9-2-4-13(21)8(5-9)7-18-20-14-11-6-10(17)1-3-12(11)19-15(14)22/h1-7,21H,(H,19,20,22)/b18-7-. The van der Waals surface area contributed by atoms with E-state index >= 15 is 0 Å². The Hall–Kier alpha value is -1.99. The van der Waals surface area contributed by atoms with Crippen molar-refractivity contribution in [3.63, 3.8) is 0 Å². The van der Waals surface area contributed by atoms with E-state index in [0.29, 0.717) is 16.8 Å². The Kier molecular flexibility index (Phi) is 4.08. The van der Waals surface area contributed by atoms with Crippen LogP contribution in [0.2, 0.25) is 0 Å². The maximum absolute atomic E-state index is 11.9. The Morgan fingerprint density at radius 3 is 2.64 bits per heavy atom. The Morgan fingerprint density at radius 2 is 1.82 bits per heavy atom. The van der Waals surface area contributed by atoms with Crippen LogP contribution < -0.4 is 5.32 Å². The molecule has 2 aromatic rings. The van der Waals surface area contributed by atoms with Crippen LogP contribution in [-0.2, 0) is 4.79 Å². The molecule has 0 fully saturated rings. The second kappa shape index (κ2) is 6.02. The van der Waals surface area contributed by atoms with Crippen LogP contribution in [0.1, 0.15) is 11.1 Å². The highest BCUT2D eigenvalue weighted by atomic mass is 79.9. The van der Waals surface area contributed by atoms with Gasteiger partial charge >= 0.3 is 0 Å². The molecule has 3 rings (SSSR count). The summed E-state index contributed by atoms with van der Waals surface area (Å²) in [7, 11) is 0. The lowest BCUT2D eigenvalue weighted by Gasteiger charge is -1.98. The van der Waals surface area contributed by atoms with Gasteiger partial charge in [-0.1, -0.05) is 31.9 Å². The zero-order valence-electron chi connectivity index (χ0n) is 11.0. The van der Waals surface area contributed by atoms with Crippen LogP contribution >= 0.6 is 31.9 Å². The van der Waals surface area contributed by atoms with Crippen molar-refractivity contribution >= 4 is 55.4 Å². The Labute approximate surface area is 143 Å². The zero-order chi connectivity index (χ0) is 15.7. The number of amides is 1. The van der Waals surface area contributed by atoms with Gasteiger partial charge in [0.25, 0.3) is 5.91 Å². The van der Waals surface area contributed by atoms with Gasteiger partial charge in [-0.3, -0.25) is 4.79 Å². The van der Waals surface area contributed by atoms with Crippen molar-refractivity contribution < 1.29 is 9.90 Å². The summed E-state index contributed by atoms with van der Waals surface area (Å²) < 4.78 is 1.66. The molecular formula is C15H9Br2N3O2. The first kappa shape index (κ1) is 14.9. The molecule has 0 aliphatic carbocycles. The molecule has 7 heteroatoms. The molecule has 1 amide bonds. The molecule has 0 saturated heterocycles. The van der Waals surface area contributed by atoms with Gasteiger partial charge in [0, 0.05) is 20.1 Å². The van der Waals surface area contributed by atoms with Crippen LogP contribution in [0.5, 0.6) is 5.75 Å². The molecule has 0 atom stereocenters. The number of carbonyl (C=O) groups is 1. The molecule has 0 aromatic heterocycles. The van der Waals surface area contributed by atoms with E-state index in [1.807, 2.05) is 6.07 Å². The fraction of sp³-hybridized carbons (Fsp3) is 0.